The molecule has 0 fully saturated rings. The van der Waals surface area contributed by atoms with Crippen molar-refractivity contribution >= 4 is 22.2 Å². The Bertz CT molecular complexity index is 624. The minimum absolute atomic E-state index is 0.725. The minimum atomic E-state index is 0.725. The van der Waals surface area contributed by atoms with E-state index >= 15 is 0 Å². The van der Waals surface area contributed by atoms with Gasteiger partial charge in [-0.3, -0.25) is 4.98 Å². The number of aromatic nitrogens is 2. The van der Waals surface area contributed by atoms with Crippen molar-refractivity contribution in [2.45, 2.75) is 0 Å². The number of hydrogen-bond acceptors (Lipinski definition) is 5. The van der Waals surface area contributed by atoms with Crippen LogP contribution in [0.4, 0.5) is 10.8 Å². The van der Waals surface area contributed by atoms with Crippen molar-refractivity contribution in [3.8, 4) is 11.5 Å². The van der Waals surface area contributed by atoms with Crippen molar-refractivity contribution in [1.29, 1.82) is 0 Å². The summed E-state index contributed by atoms with van der Waals surface area (Å²) in [7, 11) is 0. The zero-order valence-corrected chi connectivity index (χ0v) is 10.8. The molecule has 3 rings (SSSR count). The molecule has 4 nitrogen and oxygen atoms in total. The largest absolute Gasteiger partial charge is 0.456 e. The summed E-state index contributed by atoms with van der Waals surface area (Å²) in [6.45, 7) is 0. The number of benzene rings is 1. The van der Waals surface area contributed by atoms with Gasteiger partial charge in [-0.05, 0) is 36.4 Å². The molecule has 0 saturated carbocycles. The summed E-state index contributed by atoms with van der Waals surface area (Å²) >= 11 is 1.56. The standard InChI is InChI=1S/C14H11N3OS/c1-2-13(10-15-7-1)18-12-5-3-11(4-6-12)17-14-16-8-9-19-14/h1-10H,(H,16,17). The second kappa shape index (κ2) is 5.49. The van der Waals surface area contributed by atoms with Gasteiger partial charge in [0.2, 0.25) is 0 Å². The summed E-state index contributed by atoms with van der Waals surface area (Å²) < 4.78 is 5.67. The summed E-state index contributed by atoms with van der Waals surface area (Å²) in [6, 6.07) is 11.4. The van der Waals surface area contributed by atoms with Crippen LogP contribution < -0.4 is 10.1 Å². The van der Waals surface area contributed by atoms with Crippen LogP contribution in [0.5, 0.6) is 11.5 Å². The third-order valence-corrected chi connectivity index (χ3v) is 3.10. The fourth-order valence-corrected chi connectivity index (χ4v) is 2.11. The molecule has 2 heterocycles. The number of thiazole rings is 1. The van der Waals surface area contributed by atoms with Crippen molar-refractivity contribution in [3.63, 3.8) is 0 Å². The highest BCUT2D eigenvalue weighted by Gasteiger charge is 1.99. The SMILES string of the molecule is c1cncc(Oc2ccc(Nc3nccs3)cc2)c1. The van der Waals surface area contributed by atoms with Crippen LogP contribution in [0.2, 0.25) is 0 Å². The highest BCUT2D eigenvalue weighted by molar-refractivity contribution is 7.13. The van der Waals surface area contributed by atoms with Gasteiger partial charge in [0.1, 0.15) is 11.5 Å². The van der Waals surface area contributed by atoms with Gasteiger partial charge in [-0.15, -0.1) is 11.3 Å². The van der Waals surface area contributed by atoms with Crippen LogP contribution in [-0.4, -0.2) is 9.97 Å². The molecule has 5 heteroatoms. The summed E-state index contributed by atoms with van der Waals surface area (Å²) in [6.07, 6.45) is 5.17. The summed E-state index contributed by atoms with van der Waals surface area (Å²) in [5.41, 5.74) is 0.980. The predicted octanol–water partition coefficient (Wildman–Crippen LogP) is 4.07. The molecule has 0 aliphatic carbocycles. The number of anilines is 2. The van der Waals surface area contributed by atoms with Crippen LogP contribution in [0, 0.1) is 0 Å². The molecule has 0 aliphatic rings. The van der Waals surface area contributed by atoms with E-state index in [-0.39, 0.29) is 0 Å². The molecule has 0 amide bonds. The van der Waals surface area contributed by atoms with Crippen molar-refractivity contribution in [1.82, 2.24) is 9.97 Å². The number of nitrogens with one attached hydrogen (secondary N) is 1. The summed E-state index contributed by atoms with van der Waals surface area (Å²) in [5.74, 6) is 1.50. The topological polar surface area (TPSA) is 47.0 Å². The van der Waals surface area contributed by atoms with E-state index in [1.54, 1.807) is 29.9 Å². The maximum absolute atomic E-state index is 5.67. The Labute approximate surface area is 114 Å². The van der Waals surface area contributed by atoms with Crippen LogP contribution in [-0.2, 0) is 0 Å². The van der Waals surface area contributed by atoms with E-state index in [4.69, 9.17) is 4.74 Å². The highest BCUT2D eigenvalue weighted by Crippen LogP contribution is 2.24. The van der Waals surface area contributed by atoms with Gasteiger partial charge in [0, 0.05) is 23.5 Å². The van der Waals surface area contributed by atoms with E-state index in [9.17, 15) is 0 Å². The molecule has 2 aromatic heterocycles. The van der Waals surface area contributed by atoms with E-state index in [1.807, 2.05) is 41.8 Å². The van der Waals surface area contributed by atoms with Crippen LogP contribution in [0.25, 0.3) is 0 Å². The van der Waals surface area contributed by atoms with E-state index < -0.39 is 0 Å². The number of ether oxygens (including phenoxy) is 1. The molecule has 0 bridgehead atoms. The number of hydrogen-bond donors (Lipinski definition) is 1. The van der Waals surface area contributed by atoms with Crippen molar-refractivity contribution in [3.05, 3.63) is 60.4 Å². The molecule has 0 radical (unpaired) electrons. The second-order valence-corrected chi connectivity index (χ2v) is 4.67. The van der Waals surface area contributed by atoms with Crippen molar-refractivity contribution in [2.24, 2.45) is 0 Å². The van der Waals surface area contributed by atoms with Crippen LogP contribution in [0.3, 0.4) is 0 Å². The molecule has 0 saturated heterocycles. The van der Waals surface area contributed by atoms with Gasteiger partial charge in [-0.1, -0.05) is 0 Å². The van der Waals surface area contributed by atoms with Gasteiger partial charge in [-0.25, -0.2) is 4.98 Å². The first-order valence-corrected chi connectivity index (χ1v) is 6.62. The van der Waals surface area contributed by atoms with Gasteiger partial charge >= 0.3 is 0 Å². The van der Waals surface area contributed by atoms with Gasteiger partial charge in [0.25, 0.3) is 0 Å². The van der Waals surface area contributed by atoms with Gasteiger partial charge in [-0.2, -0.15) is 0 Å². The Kier molecular flexibility index (Phi) is 3.38. The molecule has 0 atom stereocenters. The van der Waals surface area contributed by atoms with E-state index in [1.165, 1.54) is 0 Å². The maximum atomic E-state index is 5.67. The third-order valence-electron chi connectivity index (χ3n) is 2.41. The van der Waals surface area contributed by atoms with Crippen molar-refractivity contribution in [2.75, 3.05) is 5.32 Å². The first-order chi connectivity index (χ1) is 9.40. The molecule has 94 valence electrons. The lowest BCUT2D eigenvalue weighted by atomic mass is 10.3. The number of rotatable bonds is 4. The maximum Gasteiger partial charge on any atom is 0.187 e. The average Bonchev–Trinajstić information content (AvgIpc) is 2.95. The van der Waals surface area contributed by atoms with Gasteiger partial charge in [0.15, 0.2) is 5.13 Å². The van der Waals surface area contributed by atoms with E-state index in [0.29, 0.717) is 0 Å². The number of nitrogens with zero attached hydrogens (tertiary/aromatic N) is 2. The Morgan fingerprint density at radius 3 is 2.58 bits per heavy atom. The van der Waals surface area contributed by atoms with Crippen LogP contribution in [0.1, 0.15) is 0 Å². The van der Waals surface area contributed by atoms with E-state index in [2.05, 4.69) is 15.3 Å². The lowest BCUT2D eigenvalue weighted by Crippen LogP contribution is -1.89. The third kappa shape index (κ3) is 3.08. The van der Waals surface area contributed by atoms with Crippen LogP contribution in [0.15, 0.2) is 60.4 Å². The molecular formula is C14H11N3OS. The minimum Gasteiger partial charge on any atom is -0.456 e. The molecular weight excluding hydrogens is 258 g/mol. The molecule has 0 spiro atoms. The molecule has 0 unspecified atom stereocenters. The Morgan fingerprint density at radius 2 is 1.89 bits per heavy atom. The molecule has 1 N–H and O–H groups in total. The highest BCUT2D eigenvalue weighted by atomic mass is 32.1. The lowest BCUT2D eigenvalue weighted by molar-refractivity contribution is 0.480. The Balaban J connectivity index is 1.69. The van der Waals surface area contributed by atoms with Gasteiger partial charge < -0.3 is 10.1 Å². The van der Waals surface area contributed by atoms with Gasteiger partial charge in [0.05, 0.1) is 6.20 Å². The average molecular weight is 269 g/mol. The van der Waals surface area contributed by atoms with Crippen LogP contribution >= 0.6 is 11.3 Å². The second-order valence-electron chi connectivity index (χ2n) is 3.78. The first-order valence-electron chi connectivity index (χ1n) is 5.74. The molecule has 0 aliphatic heterocycles. The zero-order chi connectivity index (χ0) is 12.9. The smallest absolute Gasteiger partial charge is 0.187 e. The summed E-state index contributed by atoms with van der Waals surface area (Å²) in [4.78, 5) is 8.17. The quantitative estimate of drug-likeness (QED) is 0.775. The predicted molar refractivity (Wildman–Crippen MR) is 76.1 cm³/mol. The fourth-order valence-electron chi connectivity index (χ4n) is 1.56. The van der Waals surface area contributed by atoms with Crippen molar-refractivity contribution < 1.29 is 4.74 Å². The van der Waals surface area contributed by atoms with E-state index in [0.717, 1.165) is 22.3 Å². The molecule has 1 aromatic carbocycles. The zero-order valence-electron chi connectivity index (χ0n) is 9.98. The molecule has 3 aromatic rings. The first kappa shape index (κ1) is 11.7. The Hall–Kier alpha value is -2.40. The normalized spacial score (nSPS) is 10.1. The fraction of sp³-hybridized carbons (Fsp3) is 0. The lowest BCUT2D eigenvalue weighted by Gasteiger charge is -2.06. The summed E-state index contributed by atoms with van der Waals surface area (Å²) in [5, 5.41) is 6.02. The Morgan fingerprint density at radius 1 is 1.00 bits per heavy atom. The number of pyridine rings is 1. The molecule has 19 heavy (non-hydrogen) atoms. The monoisotopic (exact) mass is 269 g/mol.